The number of amides is 2. The molecule has 0 radical (unpaired) electrons. The molecule has 2 heterocycles. The fraction of sp³-hybridized carbons (Fsp3) is 0.464. The molecule has 3 N–H and O–H groups in total. The standard InChI is InChI=1S/C28H32F2N4O3/c1-15-23(17-8-6-7-9-21(17)37-27(15,4)5)32-24(36)16-10-11-19-18(12-16)20(13-28(19,29)30)34-22(35)14-26(2,3)33-25(34)31/h6-12,15,20,23H,13-14H2,1-5H3,(H2,31,33)(H,32,36)/t15-,20+,23-/m0/s1. The zero-order valence-electron chi connectivity index (χ0n) is 21.6. The molecule has 0 bridgehead atoms. The number of ether oxygens (including phenoxy) is 1. The number of nitrogens with one attached hydrogen (secondary N) is 3. The van der Waals surface area contributed by atoms with Crippen LogP contribution in [0.4, 0.5) is 8.78 Å². The normalized spacial score (nSPS) is 27.0. The summed E-state index contributed by atoms with van der Waals surface area (Å²) >= 11 is 0. The number of benzene rings is 2. The van der Waals surface area contributed by atoms with E-state index < -0.39 is 41.3 Å². The summed E-state index contributed by atoms with van der Waals surface area (Å²) in [6.45, 7) is 9.51. The molecule has 196 valence electrons. The number of carbonyl (C=O) groups excluding carboxylic acids is 2. The molecule has 5 rings (SSSR count). The maximum absolute atomic E-state index is 15.0. The number of hydrogen-bond donors (Lipinski definition) is 3. The highest BCUT2D eigenvalue weighted by atomic mass is 19.3. The van der Waals surface area contributed by atoms with Crippen LogP contribution >= 0.6 is 0 Å². The largest absolute Gasteiger partial charge is 0.487 e. The summed E-state index contributed by atoms with van der Waals surface area (Å²) in [5.41, 5.74) is -0.119. The van der Waals surface area contributed by atoms with Gasteiger partial charge in [0.1, 0.15) is 11.4 Å². The van der Waals surface area contributed by atoms with E-state index in [0.29, 0.717) is 5.75 Å². The van der Waals surface area contributed by atoms with Crippen LogP contribution in [0.1, 0.15) is 86.6 Å². The van der Waals surface area contributed by atoms with Gasteiger partial charge >= 0.3 is 0 Å². The number of para-hydroxylation sites is 1. The van der Waals surface area contributed by atoms with Gasteiger partial charge in [-0.2, -0.15) is 0 Å². The molecule has 2 aromatic rings. The molecule has 7 nitrogen and oxygen atoms in total. The van der Waals surface area contributed by atoms with Crippen LogP contribution < -0.4 is 15.4 Å². The van der Waals surface area contributed by atoms with Crippen LogP contribution in [0.2, 0.25) is 0 Å². The van der Waals surface area contributed by atoms with Crippen molar-refractivity contribution in [2.45, 2.75) is 76.6 Å². The van der Waals surface area contributed by atoms with Gasteiger partial charge in [-0.15, -0.1) is 0 Å². The van der Waals surface area contributed by atoms with Crippen LogP contribution in [0.15, 0.2) is 42.5 Å². The van der Waals surface area contributed by atoms with Gasteiger partial charge in [0, 0.05) is 41.0 Å². The molecule has 1 fully saturated rings. The maximum atomic E-state index is 15.0. The highest BCUT2D eigenvalue weighted by molar-refractivity contribution is 6.00. The third kappa shape index (κ3) is 4.24. The monoisotopic (exact) mass is 510 g/mol. The second kappa shape index (κ2) is 8.26. The number of rotatable bonds is 3. The molecule has 1 aliphatic carbocycles. The quantitative estimate of drug-likeness (QED) is 0.540. The summed E-state index contributed by atoms with van der Waals surface area (Å²) in [4.78, 5) is 27.5. The summed E-state index contributed by atoms with van der Waals surface area (Å²) in [6.07, 6.45) is -0.563. The molecule has 0 unspecified atom stereocenters. The van der Waals surface area contributed by atoms with Gasteiger partial charge in [-0.25, -0.2) is 8.78 Å². The van der Waals surface area contributed by atoms with Gasteiger partial charge in [-0.05, 0) is 51.5 Å². The lowest BCUT2D eigenvalue weighted by Crippen LogP contribution is -2.60. The van der Waals surface area contributed by atoms with Crippen molar-refractivity contribution < 1.29 is 23.1 Å². The van der Waals surface area contributed by atoms with Gasteiger partial charge in [-0.3, -0.25) is 19.9 Å². The second-order valence-electron chi connectivity index (χ2n) is 11.5. The third-order valence-electron chi connectivity index (χ3n) is 7.90. The van der Waals surface area contributed by atoms with Gasteiger partial charge in [0.25, 0.3) is 11.8 Å². The smallest absolute Gasteiger partial charge is 0.275 e. The number of hydrogen-bond acceptors (Lipinski definition) is 4. The van der Waals surface area contributed by atoms with Crippen LogP contribution in [0, 0.1) is 11.3 Å². The van der Waals surface area contributed by atoms with Crippen molar-refractivity contribution >= 4 is 17.8 Å². The van der Waals surface area contributed by atoms with E-state index in [1.807, 2.05) is 45.0 Å². The summed E-state index contributed by atoms with van der Waals surface area (Å²) < 4.78 is 36.2. The minimum Gasteiger partial charge on any atom is -0.487 e. The molecule has 9 heteroatoms. The molecule has 0 saturated carbocycles. The summed E-state index contributed by atoms with van der Waals surface area (Å²) in [6, 6.07) is 10.3. The topological polar surface area (TPSA) is 94.5 Å². The van der Waals surface area contributed by atoms with Crippen molar-refractivity contribution in [3.8, 4) is 5.75 Å². The number of nitrogens with zero attached hydrogens (tertiary/aromatic N) is 1. The first-order valence-electron chi connectivity index (χ1n) is 12.5. The van der Waals surface area contributed by atoms with Crippen molar-refractivity contribution in [3.63, 3.8) is 0 Å². The first-order valence-corrected chi connectivity index (χ1v) is 12.5. The van der Waals surface area contributed by atoms with Crippen molar-refractivity contribution in [3.05, 3.63) is 64.7 Å². The zero-order valence-corrected chi connectivity index (χ0v) is 21.6. The number of carbonyl (C=O) groups is 2. The summed E-state index contributed by atoms with van der Waals surface area (Å²) in [7, 11) is 0. The fourth-order valence-electron chi connectivity index (χ4n) is 5.65. The predicted molar refractivity (Wildman–Crippen MR) is 135 cm³/mol. The summed E-state index contributed by atoms with van der Waals surface area (Å²) in [5, 5.41) is 14.4. The molecule has 37 heavy (non-hydrogen) atoms. The van der Waals surface area contributed by atoms with Gasteiger partial charge in [0.05, 0.1) is 12.1 Å². The molecule has 0 aromatic heterocycles. The molecule has 0 spiro atoms. The van der Waals surface area contributed by atoms with E-state index in [4.69, 9.17) is 10.1 Å². The molecular formula is C28H32F2N4O3. The van der Waals surface area contributed by atoms with Gasteiger partial charge in [0.15, 0.2) is 5.96 Å². The van der Waals surface area contributed by atoms with E-state index >= 15 is 8.78 Å². The van der Waals surface area contributed by atoms with E-state index in [1.54, 1.807) is 13.8 Å². The lowest BCUT2D eigenvalue weighted by atomic mass is 9.79. The molecule has 3 atom stereocenters. The number of fused-ring (bicyclic) bond motifs is 2. The van der Waals surface area contributed by atoms with E-state index in [1.165, 1.54) is 18.2 Å². The van der Waals surface area contributed by atoms with Gasteiger partial charge < -0.3 is 15.4 Å². The minimum atomic E-state index is -3.18. The fourth-order valence-corrected chi connectivity index (χ4v) is 5.65. The average Bonchev–Trinajstić information content (AvgIpc) is 3.05. The lowest BCUT2D eigenvalue weighted by Gasteiger charge is -2.43. The number of halogens is 2. The SMILES string of the molecule is C[C@H]1[C@H](NC(=O)c2ccc3c(c2)[C@H](N2C(=N)NC(C)(C)CC2=O)CC3(F)F)c2ccccc2OC1(C)C. The zero-order chi connectivity index (χ0) is 26.9. The Labute approximate surface area is 215 Å². The molecule has 2 aromatic carbocycles. The van der Waals surface area contributed by atoms with E-state index in [-0.39, 0.29) is 41.0 Å². The Balaban J connectivity index is 1.47. The lowest BCUT2D eigenvalue weighted by molar-refractivity contribution is -0.133. The van der Waals surface area contributed by atoms with Crippen LogP contribution in [-0.2, 0) is 10.7 Å². The van der Waals surface area contributed by atoms with Crippen molar-refractivity contribution in [1.82, 2.24) is 15.5 Å². The predicted octanol–water partition coefficient (Wildman–Crippen LogP) is 5.04. The van der Waals surface area contributed by atoms with Crippen molar-refractivity contribution in [2.75, 3.05) is 0 Å². The molecular weight excluding hydrogens is 478 g/mol. The minimum absolute atomic E-state index is 0.0706. The molecule has 1 saturated heterocycles. The Kier molecular flexibility index (Phi) is 5.62. The van der Waals surface area contributed by atoms with E-state index in [2.05, 4.69) is 10.6 Å². The third-order valence-corrected chi connectivity index (χ3v) is 7.90. The maximum Gasteiger partial charge on any atom is 0.275 e. The second-order valence-corrected chi connectivity index (χ2v) is 11.5. The van der Waals surface area contributed by atoms with Crippen LogP contribution in [0.25, 0.3) is 0 Å². The average molecular weight is 511 g/mol. The van der Waals surface area contributed by atoms with Crippen LogP contribution in [0.5, 0.6) is 5.75 Å². The Morgan fingerprint density at radius 3 is 2.54 bits per heavy atom. The summed E-state index contributed by atoms with van der Waals surface area (Å²) in [5.74, 6) is -3.56. The van der Waals surface area contributed by atoms with Crippen molar-refractivity contribution in [1.29, 1.82) is 5.41 Å². The number of alkyl halides is 2. The Morgan fingerprint density at radius 2 is 1.84 bits per heavy atom. The molecule has 2 aliphatic heterocycles. The highest BCUT2D eigenvalue weighted by Gasteiger charge is 2.51. The van der Waals surface area contributed by atoms with Crippen LogP contribution in [-0.4, -0.2) is 33.8 Å². The van der Waals surface area contributed by atoms with Crippen molar-refractivity contribution in [2.24, 2.45) is 5.92 Å². The Hall–Kier alpha value is -3.49. The van der Waals surface area contributed by atoms with Gasteiger partial charge in [-0.1, -0.05) is 31.2 Å². The van der Waals surface area contributed by atoms with Gasteiger partial charge in [0.2, 0.25) is 5.91 Å². The Bertz CT molecular complexity index is 1290. The first-order chi connectivity index (χ1) is 17.2. The van der Waals surface area contributed by atoms with E-state index in [0.717, 1.165) is 10.5 Å². The highest BCUT2D eigenvalue weighted by Crippen LogP contribution is 2.50. The van der Waals surface area contributed by atoms with E-state index in [9.17, 15) is 9.59 Å². The molecule has 3 aliphatic rings. The van der Waals surface area contributed by atoms with Crippen LogP contribution in [0.3, 0.4) is 0 Å². The number of guanidine groups is 1. The molecule has 2 amide bonds. The first kappa shape index (κ1) is 25.2. The Morgan fingerprint density at radius 1 is 1.14 bits per heavy atom.